The van der Waals surface area contributed by atoms with Gasteiger partial charge in [0.1, 0.15) is 29.8 Å². The van der Waals surface area contributed by atoms with Crippen molar-refractivity contribution in [1.29, 1.82) is 0 Å². The van der Waals surface area contributed by atoms with Crippen LogP contribution < -0.4 is 19.9 Å². The lowest BCUT2D eigenvalue weighted by Gasteiger charge is -2.16. The molecule has 4 atom stereocenters. The van der Waals surface area contributed by atoms with Crippen molar-refractivity contribution in [2.75, 3.05) is 26.0 Å². The maximum absolute atomic E-state index is 12.2. The molecule has 0 spiro atoms. The summed E-state index contributed by atoms with van der Waals surface area (Å²) in [6.07, 6.45) is -2.78. The Balaban J connectivity index is 1.23. The number of nitrogens with two attached hydrogens (primary N) is 1. The van der Waals surface area contributed by atoms with Gasteiger partial charge in [-0.25, -0.2) is 24.5 Å². The van der Waals surface area contributed by atoms with Gasteiger partial charge in [-0.2, -0.15) is 13.1 Å². The van der Waals surface area contributed by atoms with Crippen LogP contribution in [0.5, 0.6) is 5.75 Å². The van der Waals surface area contributed by atoms with Crippen molar-refractivity contribution >= 4 is 33.3 Å². The zero-order chi connectivity index (χ0) is 26.6. The number of benzene rings is 1. The minimum Gasteiger partial charge on any atom is -0.497 e. The molecular weight excluding hydrogens is 510 g/mol. The van der Waals surface area contributed by atoms with Gasteiger partial charge in [-0.3, -0.25) is 4.57 Å². The van der Waals surface area contributed by atoms with Gasteiger partial charge in [0.05, 0.1) is 26.1 Å². The summed E-state index contributed by atoms with van der Waals surface area (Å²) in [5.41, 5.74) is 7.27. The molecule has 0 bridgehead atoms. The van der Waals surface area contributed by atoms with Crippen LogP contribution in [0.3, 0.4) is 0 Å². The Morgan fingerprint density at radius 2 is 1.95 bits per heavy atom. The second-order valence-electron chi connectivity index (χ2n) is 8.15. The molecule has 16 heteroatoms. The second-order valence-corrected chi connectivity index (χ2v) is 9.65. The van der Waals surface area contributed by atoms with E-state index in [0.717, 1.165) is 5.56 Å². The third-order valence-corrected chi connectivity index (χ3v) is 6.74. The summed E-state index contributed by atoms with van der Waals surface area (Å²) in [7, 11) is -2.68. The summed E-state index contributed by atoms with van der Waals surface area (Å²) in [4.78, 5) is 23.9. The molecule has 3 aromatic rings. The summed E-state index contributed by atoms with van der Waals surface area (Å²) in [6, 6.07) is 7.13. The van der Waals surface area contributed by atoms with E-state index < -0.39 is 40.8 Å². The van der Waals surface area contributed by atoms with Gasteiger partial charge in [0, 0.05) is 13.0 Å². The fourth-order valence-electron chi connectivity index (χ4n) is 3.82. The van der Waals surface area contributed by atoms with Crippen molar-refractivity contribution in [3.63, 3.8) is 0 Å². The predicted octanol–water partition coefficient (Wildman–Crippen LogP) is -0.770. The van der Waals surface area contributed by atoms with Crippen LogP contribution in [0, 0.1) is 0 Å². The molecule has 200 valence electrons. The van der Waals surface area contributed by atoms with Crippen LogP contribution in [-0.4, -0.2) is 82.8 Å². The number of hydrogen-bond acceptors (Lipinski definition) is 12. The molecule has 0 unspecified atom stereocenters. The van der Waals surface area contributed by atoms with E-state index in [-0.39, 0.29) is 25.4 Å². The standard InChI is InChI=1S/C21H27N7O8S/c1-34-13-4-2-12(3-5-13)7-9-35-21(31)27-37(32,33)26-8-6-14-16(29)17(30)20(36-14)28-11-25-15-18(22)23-10-24-19(15)28/h2-5,10-11,14,16-17,20,26,29-30H,6-9H2,1H3,(H,27,31)(H2,22,23,24)/t14-,16-,17-,20-/m1/s1. The lowest BCUT2D eigenvalue weighted by molar-refractivity contribution is -0.0363. The minimum absolute atomic E-state index is 0.00803. The van der Waals surface area contributed by atoms with E-state index in [2.05, 4.69) is 19.7 Å². The number of imidazole rings is 1. The molecule has 1 aliphatic rings. The van der Waals surface area contributed by atoms with Gasteiger partial charge in [0.25, 0.3) is 0 Å². The number of nitrogens with zero attached hydrogens (tertiary/aromatic N) is 4. The second kappa shape index (κ2) is 11.2. The first-order valence-corrected chi connectivity index (χ1v) is 12.7. The number of amides is 1. The van der Waals surface area contributed by atoms with Crippen LogP contribution in [0.2, 0.25) is 0 Å². The maximum atomic E-state index is 12.2. The summed E-state index contributed by atoms with van der Waals surface area (Å²) < 4.78 is 45.4. The highest BCUT2D eigenvalue weighted by atomic mass is 32.2. The summed E-state index contributed by atoms with van der Waals surface area (Å²) in [5.74, 6) is 0.838. The first-order chi connectivity index (χ1) is 17.7. The van der Waals surface area contributed by atoms with Crippen molar-refractivity contribution < 1.29 is 37.6 Å². The highest BCUT2D eigenvalue weighted by Crippen LogP contribution is 2.33. The normalized spacial score (nSPS) is 21.7. The van der Waals surface area contributed by atoms with Gasteiger partial charge in [-0.15, -0.1) is 0 Å². The average Bonchev–Trinajstić information content (AvgIpc) is 3.41. The van der Waals surface area contributed by atoms with Crippen LogP contribution in [0.1, 0.15) is 18.2 Å². The molecule has 0 aliphatic carbocycles. The fourth-order valence-corrected chi connectivity index (χ4v) is 4.56. The van der Waals surface area contributed by atoms with E-state index in [4.69, 9.17) is 19.9 Å². The zero-order valence-electron chi connectivity index (χ0n) is 19.7. The number of ether oxygens (including phenoxy) is 3. The molecule has 3 heterocycles. The average molecular weight is 538 g/mol. The molecule has 1 aliphatic heterocycles. The number of carbonyl (C=O) groups excluding carboxylic acids is 1. The van der Waals surface area contributed by atoms with E-state index in [1.54, 1.807) is 36.1 Å². The Labute approximate surface area is 211 Å². The van der Waals surface area contributed by atoms with Crippen molar-refractivity contribution in [3.05, 3.63) is 42.5 Å². The molecule has 6 N–H and O–H groups in total. The predicted molar refractivity (Wildman–Crippen MR) is 128 cm³/mol. The number of aliphatic hydroxyl groups excluding tert-OH is 2. The summed E-state index contributed by atoms with van der Waals surface area (Å²) in [5, 5.41) is 20.9. The number of carbonyl (C=O) groups is 1. The summed E-state index contributed by atoms with van der Waals surface area (Å²) in [6.45, 7) is -0.232. The molecule has 0 radical (unpaired) electrons. The number of rotatable bonds is 10. The third-order valence-electron chi connectivity index (χ3n) is 5.72. The smallest absolute Gasteiger partial charge is 0.421 e. The molecule has 1 amide bonds. The van der Waals surface area contributed by atoms with Gasteiger partial charge in [0.2, 0.25) is 0 Å². The van der Waals surface area contributed by atoms with Crippen LogP contribution >= 0.6 is 0 Å². The molecule has 2 aromatic heterocycles. The van der Waals surface area contributed by atoms with E-state index in [1.165, 1.54) is 17.2 Å². The number of nitrogens with one attached hydrogen (secondary N) is 2. The largest absolute Gasteiger partial charge is 0.497 e. The van der Waals surface area contributed by atoms with Crippen molar-refractivity contribution in [1.82, 2.24) is 29.0 Å². The lowest BCUT2D eigenvalue weighted by atomic mass is 10.1. The Morgan fingerprint density at radius 3 is 2.68 bits per heavy atom. The molecule has 0 saturated carbocycles. The van der Waals surface area contributed by atoms with Crippen LogP contribution in [0.4, 0.5) is 10.6 Å². The first kappa shape index (κ1) is 26.5. The van der Waals surface area contributed by atoms with Gasteiger partial charge in [-0.1, -0.05) is 12.1 Å². The van der Waals surface area contributed by atoms with Gasteiger partial charge in [0.15, 0.2) is 17.7 Å². The van der Waals surface area contributed by atoms with E-state index in [9.17, 15) is 23.4 Å². The Hall–Kier alpha value is -3.57. The van der Waals surface area contributed by atoms with Gasteiger partial charge in [-0.05, 0) is 24.1 Å². The molecule has 4 rings (SSSR count). The number of nitrogen functional groups attached to an aromatic ring is 1. The number of aliphatic hydroxyl groups is 2. The molecule has 1 aromatic carbocycles. The summed E-state index contributed by atoms with van der Waals surface area (Å²) >= 11 is 0. The lowest BCUT2D eigenvalue weighted by Crippen LogP contribution is -2.42. The third kappa shape index (κ3) is 6.23. The Kier molecular flexibility index (Phi) is 8.03. The molecule has 1 fully saturated rings. The SMILES string of the molecule is COc1ccc(CCOC(=O)NS(=O)(=O)NCC[C@H]2O[C@@H](n3cnc4c(N)ncnc43)[C@H](O)[C@@H]2O)cc1. The number of methoxy groups -OCH3 is 1. The highest BCUT2D eigenvalue weighted by Gasteiger charge is 2.44. The number of fused-ring (bicyclic) bond motifs is 1. The number of aromatic nitrogens is 4. The maximum Gasteiger partial charge on any atom is 0.421 e. The van der Waals surface area contributed by atoms with Crippen LogP contribution in [0.15, 0.2) is 36.9 Å². The molecule has 37 heavy (non-hydrogen) atoms. The molecule has 15 nitrogen and oxygen atoms in total. The molecular formula is C21H27N7O8S. The Morgan fingerprint density at radius 1 is 1.19 bits per heavy atom. The monoisotopic (exact) mass is 537 g/mol. The van der Waals surface area contributed by atoms with E-state index in [0.29, 0.717) is 23.3 Å². The Bertz CT molecular complexity index is 1330. The van der Waals surface area contributed by atoms with Crippen molar-refractivity contribution in [2.24, 2.45) is 0 Å². The van der Waals surface area contributed by atoms with Gasteiger partial charge >= 0.3 is 16.3 Å². The quantitative estimate of drug-likeness (QED) is 0.216. The highest BCUT2D eigenvalue weighted by molar-refractivity contribution is 7.88. The van der Waals surface area contributed by atoms with Crippen molar-refractivity contribution in [2.45, 2.75) is 37.4 Å². The van der Waals surface area contributed by atoms with Gasteiger partial charge < -0.3 is 30.2 Å². The fraction of sp³-hybridized carbons (Fsp3) is 0.429. The number of anilines is 1. The number of hydrogen-bond donors (Lipinski definition) is 5. The molecule has 1 saturated heterocycles. The van der Waals surface area contributed by atoms with E-state index in [1.807, 2.05) is 0 Å². The van der Waals surface area contributed by atoms with E-state index >= 15 is 0 Å². The first-order valence-electron chi connectivity index (χ1n) is 11.2. The van der Waals surface area contributed by atoms with Crippen LogP contribution in [0.25, 0.3) is 11.2 Å². The van der Waals surface area contributed by atoms with Crippen molar-refractivity contribution in [3.8, 4) is 5.75 Å². The zero-order valence-corrected chi connectivity index (χ0v) is 20.5. The topological polar surface area (TPSA) is 213 Å². The van der Waals surface area contributed by atoms with Crippen LogP contribution in [-0.2, 0) is 26.1 Å². The minimum atomic E-state index is -4.23.